The van der Waals surface area contributed by atoms with Gasteiger partial charge in [-0.3, -0.25) is 0 Å². The van der Waals surface area contributed by atoms with E-state index >= 15 is 0 Å². The summed E-state index contributed by atoms with van der Waals surface area (Å²) in [5.41, 5.74) is 0.494. The van der Waals surface area contributed by atoms with Crippen molar-refractivity contribution in [1.82, 2.24) is 19.8 Å². The Labute approximate surface area is 110 Å². The van der Waals surface area contributed by atoms with Gasteiger partial charge in [0.2, 0.25) is 16.0 Å². The van der Waals surface area contributed by atoms with E-state index in [4.69, 9.17) is 0 Å². The molecule has 0 bridgehead atoms. The summed E-state index contributed by atoms with van der Waals surface area (Å²) in [6.45, 7) is 2.61. The highest BCUT2D eigenvalue weighted by atomic mass is 32.2. The first-order valence-electron chi connectivity index (χ1n) is 5.56. The molecule has 2 heterocycles. The fourth-order valence-electron chi connectivity index (χ4n) is 1.29. The number of nitrogens with one attached hydrogen (secondary N) is 2. The van der Waals surface area contributed by atoms with Crippen LogP contribution in [0.2, 0.25) is 0 Å². The van der Waals surface area contributed by atoms with E-state index in [1.807, 2.05) is 6.92 Å². The molecular weight excluding hydrogens is 270 g/mol. The lowest BCUT2D eigenvalue weighted by Crippen LogP contribution is -2.23. The highest BCUT2D eigenvalue weighted by Gasteiger charge is 2.15. The summed E-state index contributed by atoms with van der Waals surface area (Å²) in [5.74, 6) is 0.387. The van der Waals surface area contributed by atoms with E-state index < -0.39 is 10.0 Å². The van der Waals surface area contributed by atoms with E-state index in [9.17, 15) is 8.42 Å². The van der Waals surface area contributed by atoms with Gasteiger partial charge in [-0.15, -0.1) is 0 Å². The average Bonchev–Trinajstić information content (AvgIpc) is 2.91. The third-order valence-electron chi connectivity index (χ3n) is 2.21. The summed E-state index contributed by atoms with van der Waals surface area (Å²) in [6.07, 6.45) is 3.87. The molecular formula is C10H13N5O3S. The molecule has 9 heteroatoms. The van der Waals surface area contributed by atoms with Crippen molar-refractivity contribution in [3.63, 3.8) is 0 Å². The van der Waals surface area contributed by atoms with Gasteiger partial charge in [0.15, 0.2) is 0 Å². The lowest BCUT2D eigenvalue weighted by molar-refractivity contribution is 0.411. The second-order valence-electron chi connectivity index (χ2n) is 3.59. The number of sulfonamides is 1. The zero-order valence-electron chi connectivity index (χ0n) is 10.2. The molecule has 2 aromatic rings. The number of hydrogen-bond acceptors (Lipinski definition) is 7. The number of nitrogens with zero attached hydrogens (tertiary/aromatic N) is 3. The van der Waals surface area contributed by atoms with Crippen molar-refractivity contribution >= 4 is 16.0 Å². The fraction of sp³-hybridized carbons (Fsp3) is 0.300. The molecule has 0 radical (unpaired) electrons. The molecule has 0 aromatic carbocycles. The molecule has 0 unspecified atom stereocenters. The highest BCUT2D eigenvalue weighted by molar-refractivity contribution is 7.89. The first-order chi connectivity index (χ1) is 9.12. The van der Waals surface area contributed by atoms with Crippen molar-refractivity contribution in [2.24, 2.45) is 0 Å². The van der Waals surface area contributed by atoms with Crippen LogP contribution >= 0.6 is 0 Å². The first kappa shape index (κ1) is 13.4. The quantitative estimate of drug-likeness (QED) is 0.788. The molecule has 0 saturated carbocycles. The standard InChI is InChI=1S/C10H13N5O3S/c1-2-11-10-12-6-9(7-13-10)19(16,17)14-5-8-3-4-18-15-8/h3-4,6-7,14H,2,5H2,1H3,(H,11,12,13). The highest BCUT2D eigenvalue weighted by Crippen LogP contribution is 2.08. The van der Waals surface area contributed by atoms with Gasteiger partial charge in [-0.1, -0.05) is 5.16 Å². The van der Waals surface area contributed by atoms with Gasteiger partial charge in [-0.25, -0.2) is 23.1 Å². The molecule has 0 fully saturated rings. The largest absolute Gasteiger partial charge is 0.364 e. The zero-order valence-corrected chi connectivity index (χ0v) is 11.0. The number of aromatic nitrogens is 3. The van der Waals surface area contributed by atoms with E-state index in [1.54, 1.807) is 6.07 Å². The predicted molar refractivity (Wildman–Crippen MR) is 66.7 cm³/mol. The summed E-state index contributed by atoms with van der Waals surface area (Å²) < 4.78 is 30.8. The Kier molecular flexibility index (Phi) is 4.07. The molecule has 2 aromatic heterocycles. The normalized spacial score (nSPS) is 11.4. The molecule has 0 aliphatic heterocycles. The summed E-state index contributed by atoms with van der Waals surface area (Å²) in [7, 11) is -3.65. The van der Waals surface area contributed by atoms with Gasteiger partial charge < -0.3 is 9.84 Å². The molecule has 19 heavy (non-hydrogen) atoms. The van der Waals surface area contributed by atoms with Crippen LogP contribution in [0.25, 0.3) is 0 Å². The first-order valence-corrected chi connectivity index (χ1v) is 7.05. The van der Waals surface area contributed by atoms with Crippen LogP contribution in [0.1, 0.15) is 12.6 Å². The smallest absolute Gasteiger partial charge is 0.244 e. The Hall–Kier alpha value is -2.00. The Morgan fingerprint density at radius 2 is 2.05 bits per heavy atom. The summed E-state index contributed by atoms with van der Waals surface area (Å²) in [6, 6.07) is 1.58. The predicted octanol–water partition coefficient (Wildman–Crippen LogP) is 0.375. The summed E-state index contributed by atoms with van der Waals surface area (Å²) >= 11 is 0. The molecule has 2 rings (SSSR count). The molecule has 0 saturated heterocycles. The maximum atomic E-state index is 11.9. The van der Waals surface area contributed by atoms with Gasteiger partial charge in [0, 0.05) is 12.6 Å². The van der Waals surface area contributed by atoms with Crippen molar-refractivity contribution in [1.29, 1.82) is 0 Å². The minimum atomic E-state index is -3.65. The van der Waals surface area contributed by atoms with Crippen molar-refractivity contribution in [3.05, 3.63) is 30.4 Å². The second-order valence-corrected chi connectivity index (χ2v) is 5.35. The van der Waals surface area contributed by atoms with Crippen LogP contribution in [0, 0.1) is 0 Å². The van der Waals surface area contributed by atoms with Crippen LogP contribution < -0.4 is 10.0 Å². The van der Waals surface area contributed by atoms with Crippen LogP contribution in [0.4, 0.5) is 5.95 Å². The molecule has 0 spiro atoms. The monoisotopic (exact) mass is 283 g/mol. The van der Waals surface area contributed by atoms with Crippen LogP contribution in [0.5, 0.6) is 0 Å². The fourth-order valence-corrected chi connectivity index (χ4v) is 2.17. The zero-order chi connectivity index (χ0) is 13.7. The average molecular weight is 283 g/mol. The maximum absolute atomic E-state index is 11.9. The van der Waals surface area contributed by atoms with Gasteiger partial charge in [-0.2, -0.15) is 0 Å². The SMILES string of the molecule is CCNc1ncc(S(=O)(=O)NCc2ccon2)cn1. The van der Waals surface area contributed by atoms with Crippen molar-refractivity contribution in [3.8, 4) is 0 Å². The Morgan fingerprint density at radius 3 is 2.63 bits per heavy atom. The Morgan fingerprint density at radius 1 is 1.32 bits per heavy atom. The number of rotatable bonds is 6. The van der Waals surface area contributed by atoms with Crippen molar-refractivity contribution < 1.29 is 12.9 Å². The topological polar surface area (TPSA) is 110 Å². The van der Waals surface area contributed by atoms with Crippen LogP contribution in [-0.4, -0.2) is 30.1 Å². The van der Waals surface area contributed by atoms with Crippen LogP contribution in [0.15, 0.2) is 34.1 Å². The van der Waals surface area contributed by atoms with Crippen molar-refractivity contribution in [2.45, 2.75) is 18.4 Å². The lowest BCUT2D eigenvalue weighted by atomic mass is 10.5. The molecule has 0 amide bonds. The van der Waals surface area contributed by atoms with Gasteiger partial charge >= 0.3 is 0 Å². The summed E-state index contributed by atoms with van der Waals surface area (Å²) in [5, 5.41) is 6.49. The molecule has 0 atom stereocenters. The molecule has 0 aliphatic carbocycles. The summed E-state index contributed by atoms with van der Waals surface area (Å²) in [4.78, 5) is 7.81. The maximum Gasteiger partial charge on any atom is 0.244 e. The number of anilines is 1. The van der Waals surface area contributed by atoms with Gasteiger partial charge in [0.1, 0.15) is 11.2 Å². The van der Waals surface area contributed by atoms with Gasteiger partial charge in [0.05, 0.1) is 24.6 Å². The van der Waals surface area contributed by atoms with Crippen molar-refractivity contribution in [2.75, 3.05) is 11.9 Å². The minimum Gasteiger partial charge on any atom is -0.364 e. The third-order valence-corrected chi connectivity index (χ3v) is 3.56. The van der Waals surface area contributed by atoms with Crippen LogP contribution in [-0.2, 0) is 16.6 Å². The third kappa shape index (κ3) is 3.48. The Bertz CT molecular complexity index is 609. The van der Waals surface area contributed by atoms with E-state index in [2.05, 4.69) is 29.7 Å². The van der Waals surface area contributed by atoms with Gasteiger partial charge in [0.25, 0.3) is 0 Å². The van der Waals surface area contributed by atoms with Crippen LogP contribution in [0.3, 0.4) is 0 Å². The van der Waals surface area contributed by atoms with E-state index in [1.165, 1.54) is 18.7 Å². The minimum absolute atomic E-state index is 0.00218. The second kappa shape index (κ2) is 5.76. The lowest BCUT2D eigenvalue weighted by Gasteiger charge is -2.05. The Balaban J connectivity index is 2.06. The molecule has 102 valence electrons. The number of hydrogen-bond donors (Lipinski definition) is 2. The molecule has 0 aliphatic rings. The van der Waals surface area contributed by atoms with E-state index in [-0.39, 0.29) is 11.4 Å². The van der Waals surface area contributed by atoms with Gasteiger partial charge in [-0.05, 0) is 6.92 Å². The molecule has 2 N–H and O–H groups in total. The van der Waals surface area contributed by atoms with E-state index in [0.29, 0.717) is 18.2 Å². The van der Waals surface area contributed by atoms with E-state index in [0.717, 1.165) is 0 Å². The molecule has 8 nitrogen and oxygen atoms in total.